The maximum Gasteiger partial charge on any atom is 0.219 e. The number of likely N-dealkylation sites (N-methyl/N-ethyl adjacent to an activating group) is 1. The summed E-state index contributed by atoms with van der Waals surface area (Å²) in [4.78, 5) is 11.0. The van der Waals surface area contributed by atoms with Crippen molar-refractivity contribution in [3.63, 3.8) is 0 Å². The highest BCUT2D eigenvalue weighted by Crippen LogP contribution is 1.72. The van der Waals surface area contributed by atoms with Gasteiger partial charge in [-0.1, -0.05) is 27.7 Å². The van der Waals surface area contributed by atoms with E-state index in [1.807, 2.05) is 20.8 Å². The fourth-order valence-electron chi connectivity index (χ4n) is 1.50. The van der Waals surface area contributed by atoms with Crippen molar-refractivity contribution >= 4 is 5.91 Å². The summed E-state index contributed by atoms with van der Waals surface area (Å²) < 4.78 is 0. The Bertz CT molecular complexity index is 203. The predicted octanol–water partition coefficient (Wildman–Crippen LogP) is -0.0829. The quantitative estimate of drug-likeness (QED) is 0.290. The van der Waals surface area contributed by atoms with Crippen molar-refractivity contribution in [2.75, 3.05) is 58.9 Å². The van der Waals surface area contributed by atoms with Gasteiger partial charge in [-0.15, -0.1) is 0 Å². The first-order chi connectivity index (χ1) is 10.3. The van der Waals surface area contributed by atoms with Gasteiger partial charge in [0, 0.05) is 58.8 Å². The Kier molecular flexibility index (Phi) is 23.2. The first-order valence-electron chi connectivity index (χ1n) is 8.40. The van der Waals surface area contributed by atoms with Gasteiger partial charge in [-0.25, -0.2) is 0 Å². The second kappa shape index (κ2) is 21.6. The maximum absolute atomic E-state index is 11.0. The molecule has 0 aromatic rings. The van der Waals surface area contributed by atoms with E-state index >= 15 is 0 Å². The molecule has 0 saturated heterocycles. The minimum atomic E-state index is 0.114. The van der Waals surface area contributed by atoms with Crippen LogP contribution in [0, 0.1) is 0 Å². The number of carbonyl (C=O) groups excluding carboxylic acids is 1. The zero-order chi connectivity index (χ0) is 16.2. The molecule has 0 bridgehead atoms. The average molecular weight is 303 g/mol. The third-order valence-electron chi connectivity index (χ3n) is 2.63. The third-order valence-corrected chi connectivity index (χ3v) is 2.63. The first kappa shape index (κ1) is 22.6. The summed E-state index contributed by atoms with van der Waals surface area (Å²) in [5.41, 5.74) is 0. The molecular weight excluding hydrogens is 266 g/mol. The topological polar surface area (TPSA) is 77.2 Å². The fourth-order valence-corrected chi connectivity index (χ4v) is 1.50. The average Bonchev–Trinajstić information content (AvgIpc) is 2.53. The highest BCUT2D eigenvalue weighted by Gasteiger charge is 1.94. The van der Waals surface area contributed by atoms with Crippen molar-refractivity contribution < 1.29 is 4.79 Å². The molecular formula is C15H37N5O. The lowest BCUT2D eigenvalue weighted by Gasteiger charge is -2.08. The molecule has 21 heavy (non-hydrogen) atoms. The van der Waals surface area contributed by atoms with E-state index < -0.39 is 0 Å². The molecule has 0 aliphatic heterocycles. The van der Waals surface area contributed by atoms with Gasteiger partial charge >= 0.3 is 0 Å². The van der Waals surface area contributed by atoms with Gasteiger partial charge in [-0.3, -0.25) is 4.79 Å². The largest absolute Gasteiger partial charge is 0.355 e. The van der Waals surface area contributed by atoms with E-state index in [4.69, 9.17) is 0 Å². The van der Waals surface area contributed by atoms with E-state index in [-0.39, 0.29) is 5.91 Å². The molecule has 6 nitrogen and oxygen atoms in total. The highest BCUT2D eigenvalue weighted by molar-refractivity contribution is 5.75. The van der Waals surface area contributed by atoms with Gasteiger partial charge in [0.1, 0.15) is 0 Å². The van der Waals surface area contributed by atoms with Crippen LogP contribution in [0.2, 0.25) is 0 Å². The molecule has 0 unspecified atom stereocenters. The van der Waals surface area contributed by atoms with Gasteiger partial charge in [0.25, 0.3) is 0 Å². The van der Waals surface area contributed by atoms with Gasteiger partial charge in [0.15, 0.2) is 0 Å². The van der Waals surface area contributed by atoms with Gasteiger partial charge < -0.3 is 26.6 Å². The summed E-state index contributed by atoms with van der Waals surface area (Å²) in [6.45, 7) is 16.5. The summed E-state index contributed by atoms with van der Waals surface area (Å²) in [5.74, 6) is 0.114. The van der Waals surface area contributed by atoms with E-state index in [1.54, 1.807) is 0 Å². The molecule has 1 amide bonds. The van der Waals surface area contributed by atoms with Gasteiger partial charge in [0.05, 0.1) is 0 Å². The maximum atomic E-state index is 11.0. The van der Waals surface area contributed by atoms with E-state index in [1.165, 1.54) is 0 Å². The molecule has 5 N–H and O–H groups in total. The number of hydrogen-bond donors (Lipinski definition) is 5. The van der Waals surface area contributed by atoms with E-state index in [0.717, 1.165) is 52.4 Å². The van der Waals surface area contributed by atoms with Gasteiger partial charge in [-0.05, 0) is 6.54 Å². The molecule has 0 heterocycles. The summed E-state index contributed by atoms with van der Waals surface area (Å²) in [7, 11) is 0. The molecule has 0 radical (unpaired) electrons. The molecule has 0 saturated carbocycles. The molecule has 0 aromatic carbocycles. The molecule has 0 spiro atoms. The number of amides is 1. The lowest BCUT2D eigenvalue weighted by atomic mass is 10.4. The van der Waals surface area contributed by atoms with Crippen molar-refractivity contribution in [2.45, 2.75) is 34.1 Å². The Morgan fingerprint density at radius 2 is 1.05 bits per heavy atom. The minimum Gasteiger partial charge on any atom is -0.355 e. The smallest absolute Gasteiger partial charge is 0.219 e. The second-order valence-electron chi connectivity index (χ2n) is 4.31. The summed E-state index contributed by atoms with van der Waals surface area (Å²) in [6, 6.07) is 0. The highest BCUT2D eigenvalue weighted by atomic mass is 16.1. The van der Waals surface area contributed by atoms with Crippen molar-refractivity contribution in [2.24, 2.45) is 0 Å². The summed E-state index contributed by atoms with van der Waals surface area (Å²) in [5, 5.41) is 16.1. The van der Waals surface area contributed by atoms with Crippen molar-refractivity contribution in [3.05, 3.63) is 0 Å². The van der Waals surface area contributed by atoms with Gasteiger partial charge in [0.2, 0.25) is 5.91 Å². The van der Waals surface area contributed by atoms with Crippen LogP contribution < -0.4 is 26.6 Å². The standard InChI is InChI=1S/C13H31N5O.C2H6/c1-3-13(19)18-12-11-17-10-9-16-8-7-15-6-5-14-4-2;1-2/h14-17H,3-12H2,1-2H3,(H,18,19);1-2H3. The molecule has 0 aliphatic rings. The lowest BCUT2D eigenvalue weighted by Crippen LogP contribution is -2.37. The van der Waals surface area contributed by atoms with Crippen LogP contribution in [0.1, 0.15) is 34.1 Å². The van der Waals surface area contributed by atoms with Crippen LogP contribution >= 0.6 is 0 Å². The zero-order valence-electron chi connectivity index (χ0n) is 14.5. The second-order valence-corrected chi connectivity index (χ2v) is 4.31. The van der Waals surface area contributed by atoms with Crippen LogP contribution in [0.5, 0.6) is 0 Å². The summed E-state index contributed by atoms with van der Waals surface area (Å²) >= 11 is 0. The third kappa shape index (κ3) is 21.8. The van der Waals surface area contributed by atoms with Crippen LogP contribution in [0.15, 0.2) is 0 Å². The van der Waals surface area contributed by atoms with Crippen LogP contribution in [0.4, 0.5) is 0 Å². The van der Waals surface area contributed by atoms with Gasteiger partial charge in [-0.2, -0.15) is 0 Å². The molecule has 0 aromatic heterocycles. The Labute approximate surface area is 131 Å². The lowest BCUT2D eigenvalue weighted by molar-refractivity contribution is -0.120. The molecule has 0 fully saturated rings. The minimum absolute atomic E-state index is 0.114. The fraction of sp³-hybridized carbons (Fsp3) is 0.933. The van der Waals surface area contributed by atoms with Crippen LogP contribution in [-0.4, -0.2) is 64.8 Å². The van der Waals surface area contributed by atoms with Crippen LogP contribution in [-0.2, 0) is 4.79 Å². The Morgan fingerprint density at radius 3 is 1.43 bits per heavy atom. The number of carbonyl (C=O) groups is 1. The number of nitrogens with one attached hydrogen (secondary N) is 5. The predicted molar refractivity (Wildman–Crippen MR) is 91.8 cm³/mol. The van der Waals surface area contributed by atoms with Crippen LogP contribution in [0.3, 0.4) is 0 Å². The monoisotopic (exact) mass is 303 g/mol. The normalized spacial score (nSPS) is 9.90. The summed E-state index contributed by atoms with van der Waals surface area (Å²) in [6.07, 6.45) is 0.558. The Hall–Kier alpha value is -0.690. The Balaban J connectivity index is 0. The Morgan fingerprint density at radius 1 is 0.667 bits per heavy atom. The van der Waals surface area contributed by atoms with Crippen molar-refractivity contribution in [1.29, 1.82) is 0 Å². The molecule has 0 rings (SSSR count). The SMILES string of the molecule is CC.CCNCCNCCNCCNCCNC(=O)CC. The van der Waals surface area contributed by atoms with Crippen molar-refractivity contribution in [3.8, 4) is 0 Å². The zero-order valence-corrected chi connectivity index (χ0v) is 14.5. The van der Waals surface area contributed by atoms with E-state index in [0.29, 0.717) is 13.0 Å². The van der Waals surface area contributed by atoms with Crippen LogP contribution in [0.25, 0.3) is 0 Å². The van der Waals surface area contributed by atoms with E-state index in [2.05, 4.69) is 33.5 Å². The molecule has 128 valence electrons. The molecule has 0 aliphatic carbocycles. The van der Waals surface area contributed by atoms with E-state index in [9.17, 15) is 4.79 Å². The first-order valence-corrected chi connectivity index (χ1v) is 8.40. The number of hydrogen-bond acceptors (Lipinski definition) is 5. The molecule has 0 atom stereocenters. The molecule has 6 heteroatoms. The number of rotatable bonds is 14. The van der Waals surface area contributed by atoms with Crippen molar-refractivity contribution in [1.82, 2.24) is 26.6 Å².